The lowest BCUT2D eigenvalue weighted by molar-refractivity contribution is -0.122. The molecular formula is C14H28N2O2. The van der Waals surface area contributed by atoms with Crippen LogP contribution in [0.2, 0.25) is 0 Å². The van der Waals surface area contributed by atoms with E-state index in [1.165, 1.54) is 12.8 Å². The van der Waals surface area contributed by atoms with Gasteiger partial charge < -0.3 is 15.8 Å². The molecule has 0 heterocycles. The summed E-state index contributed by atoms with van der Waals surface area (Å²) in [5.41, 5.74) is 5.87. The van der Waals surface area contributed by atoms with E-state index < -0.39 is 0 Å². The summed E-state index contributed by atoms with van der Waals surface area (Å²) < 4.78 is 5.37. The van der Waals surface area contributed by atoms with Gasteiger partial charge in [0.1, 0.15) is 0 Å². The lowest BCUT2D eigenvalue weighted by atomic mass is 9.84. The number of hydrogen-bond acceptors (Lipinski definition) is 3. The van der Waals surface area contributed by atoms with E-state index in [2.05, 4.69) is 5.32 Å². The van der Waals surface area contributed by atoms with E-state index in [0.717, 1.165) is 19.3 Å². The zero-order chi connectivity index (χ0) is 13.4. The first-order valence-corrected chi connectivity index (χ1v) is 7.25. The molecule has 0 aromatic rings. The molecule has 3 N–H and O–H groups in total. The van der Waals surface area contributed by atoms with Gasteiger partial charge in [-0.1, -0.05) is 0 Å². The number of nitrogens with one attached hydrogen (secondary N) is 1. The topological polar surface area (TPSA) is 64.3 Å². The highest BCUT2D eigenvalue weighted by atomic mass is 16.5. The summed E-state index contributed by atoms with van der Waals surface area (Å²) in [5, 5.41) is 2.93. The fourth-order valence-electron chi connectivity index (χ4n) is 2.50. The van der Waals surface area contributed by atoms with Gasteiger partial charge in [-0.25, -0.2) is 0 Å². The van der Waals surface area contributed by atoms with E-state index in [9.17, 15) is 4.79 Å². The summed E-state index contributed by atoms with van der Waals surface area (Å²) in [6.45, 7) is 5.25. The molecule has 0 aliphatic heterocycles. The van der Waals surface area contributed by atoms with Gasteiger partial charge in [-0.3, -0.25) is 4.79 Å². The Hall–Kier alpha value is -0.610. The van der Waals surface area contributed by atoms with Crippen LogP contribution in [0.5, 0.6) is 0 Å². The van der Waals surface area contributed by atoms with Gasteiger partial charge in [0, 0.05) is 25.6 Å². The van der Waals surface area contributed by atoms with Crippen LogP contribution in [0.1, 0.15) is 52.4 Å². The van der Waals surface area contributed by atoms with Gasteiger partial charge in [0.15, 0.2) is 0 Å². The van der Waals surface area contributed by atoms with Gasteiger partial charge in [-0.05, 0) is 51.9 Å². The number of rotatable bonds is 7. The number of nitrogens with two attached hydrogens (primary N) is 1. The smallest absolute Gasteiger partial charge is 0.220 e. The van der Waals surface area contributed by atoms with E-state index in [1.807, 2.05) is 13.8 Å². The first-order valence-electron chi connectivity index (χ1n) is 7.25. The maximum Gasteiger partial charge on any atom is 0.220 e. The van der Waals surface area contributed by atoms with Gasteiger partial charge in [-0.15, -0.1) is 0 Å². The largest absolute Gasteiger partial charge is 0.377 e. The molecule has 18 heavy (non-hydrogen) atoms. The molecule has 4 heteroatoms. The molecule has 1 saturated carbocycles. The van der Waals surface area contributed by atoms with E-state index in [-0.39, 0.29) is 12.0 Å². The fraction of sp³-hybridized carbons (Fsp3) is 0.929. The molecule has 0 saturated heterocycles. The minimum atomic E-state index is 0.103. The van der Waals surface area contributed by atoms with Crippen LogP contribution in [0.15, 0.2) is 0 Å². The fourth-order valence-corrected chi connectivity index (χ4v) is 2.50. The molecule has 1 unspecified atom stereocenters. The summed E-state index contributed by atoms with van der Waals surface area (Å²) in [6, 6.07) is 0.391. The van der Waals surface area contributed by atoms with Gasteiger partial charge in [0.2, 0.25) is 5.91 Å². The number of carbonyl (C=O) groups excluding carboxylic acids is 1. The maximum absolute atomic E-state index is 11.7. The van der Waals surface area contributed by atoms with Crippen molar-refractivity contribution >= 4 is 5.91 Å². The molecule has 0 aromatic heterocycles. The number of amides is 1. The van der Waals surface area contributed by atoms with Crippen LogP contribution in [0, 0.1) is 5.92 Å². The molecule has 1 amide bonds. The van der Waals surface area contributed by atoms with Crippen molar-refractivity contribution in [1.82, 2.24) is 5.32 Å². The molecule has 4 nitrogen and oxygen atoms in total. The summed E-state index contributed by atoms with van der Waals surface area (Å²) in [5.74, 6) is 0.844. The number of hydrogen-bond donors (Lipinski definition) is 2. The third-order valence-electron chi connectivity index (χ3n) is 3.71. The van der Waals surface area contributed by atoms with Crippen molar-refractivity contribution in [2.24, 2.45) is 11.7 Å². The van der Waals surface area contributed by atoms with Crippen molar-refractivity contribution in [3.05, 3.63) is 0 Å². The van der Waals surface area contributed by atoms with Gasteiger partial charge >= 0.3 is 0 Å². The predicted molar refractivity (Wildman–Crippen MR) is 73.3 cm³/mol. The van der Waals surface area contributed by atoms with E-state index in [0.29, 0.717) is 31.5 Å². The van der Waals surface area contributed by atoms with Crippen LogP contribution < -0.4 is 11.1 Å². The first-order chi connectivity index (χ1) is 8.61. The van der Waals surface area contributed by atoms with Crippen LogP contribution in [0.25, 0.3) is 0 Å². The summed E-state index contributed by atoms with van der Waals surface area (Å²) in [4.78, 5) is 11.7. The third kappa shape index (κ3) is 6.36. The molecule has 1 atom stereocenters. The molecule has 106 valence electrons. The molecule has 0 spiro atoms. The lowest BCUT2D eigenvalue weighted by Gasteiger charge is -2.25. The minimum absolute atomic E-state index is 0.103. The Morgan fingerprint density at radius 3 is 2.67 bits per heavy atom. The first kappa shape index (κ1) is 15.4. The predicted octanol–water partition coefficient (Wildman–Crippen LogP) is 1.83. The van der Waals surface area contributed by atoms with Gasteiger partial charge in [0.05, 0.1) is 6.10 Å². The molecule has 1 aliphatic carbocycles. The average Bonchev–Trinajstić information content (AvgIpc) is 2.36. The molecule has 0 radical (unpaired) electrons. The summed E-state index contributed by atoms with van der Waals surface area (Å²) in [7, 11) is 0. The highest BCUT2D eigenvalue weighted by molar-refractivity contribution is 5.75. The van der Waals surface area contributed by atoms with E-state index in [4.69, 9.17) is 10.5 Å². The van der Waals surface area contributed by atoms with Crippen molar-refractivity contribution in [2.45, 2.75) is 64.5 Å². The molecule has 1 aliphatic rings. The number of ether oxygens (including phenoxy) is 1. The Kier molecular flexibility index (Phi) is 7.28. The van der Waals surface area contributed by atoms with Crippen molar-refractivity contribution in [2.75, 3.05) is 13.2 Å². The van der Waals surface area contributed by atoms with Crippen LogP contribution in [-0.2, 0) is 9.53 Å². The van der Waals surface area contributed by atoms with Crippen LogP contribution in [0.4, 0.5) is 0 Å². The molecule has 1 rings (SSSR count). The Morgan fingerprint density at radius 2 is 2.06 bits per heavy atom. The zero-order valence-electron chi connectivity index (χ0n) is 11.8. The Bertz CT molecular complexity index is 238. The molecular weight excluding hydrogens is 228 g/mol. The Balaban J connectivity index is 2.06. The average molecular weight is 256 g/mol. The van der Waals surface area contributed by atoms with Gasteiger partial charge in [0.25, 0.3) is 0 Å². The monoisotopic (exact) mass is 256 g/mol. The maximum atomic E-state index is 11.7. The highest BCUT2D eigenvalue weighted by Gasteiger charge is 2.19. The van der Waals surface area contributed by atoms with Crippen LogP contribution in [0.3, 0.4) is 0 Å². The van der Waals surface area contributed by atoms with Crippen molar-refractivity contribution in [3.8, 4) is 0 Å². The SMILES string of the molecule is CCOC(C)CNC(=O)CCC1CCC(N)CC1. The summed E-state index contributed by atoms with van der Waals surface area (Å²) in [6.07, 6.45) is 6.35. The number of carbonyl (C=O) groups is 1. The van der Waals surface area contributed by atoms with Gasteiger partial charge in [-0.2, -0.15) is 0 Å². The van der Waals surface area contributed by atoms with Crippen molar-refractivity contribution in [3.63, 3.8) is 0 Å². The third-order valence-corrected chi connectivity index (χ3v) is 3.71. The zero-order valence-corrected chi connectivity index (χ0v) is 11.8. The second-order valence-electron chi connectivity index (χ2n) is 5.39. The Labute approximate surface area is 111 Å². The second-order valence-corrected chi connectivity index (χ2v) is 5.39. The highest BCUT2D eigenvalue weighted by Crippen LogP contribution is 2.26. The van der Waals surface area contributed by atoms with Crippen molar-refractivity contribution in [1.29, 1.82) is 0 Å². The Morgan fingerprint density at radius 1 is 1.39 bits per heavy atom. The van der Waals surface area contributed by atoms with E-state index >= 15 is 0 Å². The van der Waals surface area contributed by atoms with Crippen LogP contribution >= 0.6 is 0 Å². The molecule has 0 aromatic carbocycles. The summed E-state index contributed by atoms with van der Waals surface area (Å²) >= 11 is 0. The quantitative estimate of drug-likeness (QED) is 0.730. The molecule has 1 fully saturated rings. The second kappa shape index (κ2) is 8.48. The van der Waals surface area contributed by atoms with Crippen molar-refractivity contribution < 1.29 is 9.53 Å². The minimum Gasteiger partial charge on any atom is -0.377 e. The standard InChI is InChI=1S/C14H28N2O2/c1-3-18-11(2)10-16-14(17)9-6-12-4-7-13(15)8-5-12/h11-13H,3-10,15H2,1-2H3,(H,16,17). The lowest BCUT2D eigenvalue weighted by Crippen LogP contribution is -2.32. The molecule has 0 bridgehead atoms. The van der Waals surface area contributed by atoms with E-state index in [1.54, 1.807) is 0 Å². The van der Waals surface area contributed by atoms with Crippen LogP contribution in [-0.4, -0.2) is 31.2 Å². The normalized spacial score (nSPS) is 25.7.